The highest BCUT2D eigenvalue weighted by molar-refractivity contribution is 5.57. The molecule has 0 amide bonds. The van der Waals surface area contributed by atoms with E-state index in [9.17, 15) is 10.1 Å². The lowest BCUT2D eigenvalue weighted by Gasteiger charge is -2.28. The van der Waals surface area contributed by atoms with Crippen LogP contribution in [0.15, 0.2) is 40.5 Å². The number of nitrogens with two attached hydrogens (primary N) is 1. The summed E-state index contributed by atoms with van der Waals surface area (Å²) in [5.74, 6) is 0.817. The molecule has 0 aliphatic carbocycles. The number of fused-ring (bicyclic) bond motifs is 1. The second-order valence-electron chi connectivity index (χ2n) is 8.60. The Balaban J connectivity index is 1.73. The van der Waals surface area contributed by atoms with Crippen molar-refractivity contribution in [1.29, 1.82) is 5.26 Å². The van der Waals surface area contributed by atoms with Crippen molar-refractivity contribution in [2.45, 2.75) is 32.7 Å². The monoisotopic (exact) mass is 480 g/mol. The Morgan fingerprint density at radius 3 is 2.66 bits per heavy atom. The van der Waals surface area contributed by atoms with Crippen LogP contribution in [-0.4, -0.2) is 56.0 Å². The molecule has 35 heavy (non-hydrogen) atoms. The molecule has 0 spiro atoms. The van der Waals surface area contributed by atoms with Gasteiger partial charge >= 0.3 is 0 Å². The molecule has 3 heterocycles. The Kier molecular flexibility index (Phi) is 7.63. The number of nitriles is 1. The number of rotatable bonds is 8. The minimum atomic E-state index is -0.674. The fraction of sp³-hybridized carbons (Fsp3) is 0.462. The molecule has 2 N–H and O–H groups in total. The van der Waals surface area contributed by atoms with Gasteiger partial charge < -0.3 is 29.2 Å². The van der Waals surface area contributed by atoms with Gasteiger partial charge in [0.05, 0.1) is 38.4 Å². The molecular formula is C26H32N4O5. The molecule has 1 aromatic carbocycles. The summed E-state index contributed by atoms with van der Waals surface area (Å²) >= 11 is 0. The number of aromatic nitrogens is 1. The van der Waals surface area contributed by atoms with Crippen LogP contribution in [0.3, 0.4) is 0 Å². The number of benzene rings is 1. The molecule has 1 saturated heterocycles. The maximum atomic E-state index is 13.8. The largest absolute Gasteiger partial charge is 0.493 e. The topological polar surface area (TPSA) is 112 Å². The minimum absolute atomic E-state index is 0.00159. The van der Waals surface area contributed by atoms with Crippen LogP contribution in [0.25, 0.3) is 0 Å². The normalized spacial score (nSPS) is 17.9. The van der Waals surface area contributed by atoms with Crippen molar-refractivity contribution in [1.82, 2.24) is 9.47 Å². The molecule has 2 aliphatic heterocycles. The lowest BCUT2D eigenvalue weighted by Crippen LogP contribution is -2.38. The number of nitrogens with zero attached hydrogens (tertiary/aromatic N) is 3. The molecule has 0 unspecified atom stereocenters. The van der Waals surface area contributed by atoms with Crippen LogP contribution in [0.4, 0.5) is 0 Å². The summed E-state index contributed by atoms with van der Waals surface area (Å²) < 4.78 is 24.1. The first-order valence-electron chi connectivity index (χ1n) is 11.9. The smallest absolute Gasteiger partial charge is 0.258 e. The van der Waals surface area contributed by atoms with Crippen molar-refractivity contribution < 1.29 is 18.9 Å². The molecule has 0 saturated carbocycles. The van der Waals surface area contributed by atoms with E-state index in [1.165, 1.54) is 0 Å². The molecule has 1 fully saturated rings. The molecule has 4 rings (SSSR count). The van der Waals surface area contributed by atoms with Gasteiger partial charge in [0.1, 0.15) is 17.4 Å². The lowest BCUT2D eigenvalue weighted by molar-refractivity contribution is 0.0369. The third kappa shape index (κ3) is 4.99. The lowest BCUT2D eigenvalue weighted by atomic mass is 9.84. The summed E-state index contributed by atoms with van der Waals surface area (Å²) in [6.07, 6.45) is 0.824. The summed E-state index contributed by atoms with van der Waals surface area (Å²) in [5.41, 5.74) is 8.04. The van der Waals surface area contributed by atoms with Gasteiger partial charge in [0, 0.05) is 37.9 Å². The highest BCUT2D eigenvalue weighted by atomic mass is 16.5. The molecule has 9 nitrogen and oxygen atoms in total. The van der Waals surface area contributed by atoms with E-state index >= 15 is 0 Å². The van der Waals surface area contributed by atoms with E-state index in [0.29, 0.717) is 41.5 Å². The third-order valence-electron chi connectivity index (χ3n) is 6.47. The molecule has 1 aromatic heterocycles. The van der Waals surface area contributed by atoms with Crippen LogP contribution in [0.5, 0.6) is 17.2 Å². The molecule has 0 radical (unpaired) electrons. The van der Waals surface area contributed by atoms with Crippen LogP contribution in [0.1, 0.15) is 36.1 Å². The summed E-state index contributed by atoms with van der Waals surface area (Å²) in [6.45, 7) is 9.01. The summed E-state index contributed by atoms with van der Waals surface area (Å²) in [5, 5.41) is 9.94. The van der Waals surface area contributed by atoms with Crippen molar-refractivity contribution in [3.05, 3.63) is 62.9 Å². The minimum Gasteiger partial charge on any atom is -0.493 e. The maximum Gasteiger partial charge on any atom is 0.258 e. The average molecular weight is 481 g/mol. The van der Waals surface area contributed by atoms with Crippen LogP contribution in [0.2, 0.25) is 0 Å². The number of methoxy groups -OCH3 is 1. The molecular weight excluding hydrogens is 448 g/mol. The fourth-order valence-electron chi connectivity index (χ4n) is 4.71. The van der Waals surface area contributed by atoms with Crippen LogP contribution in [-0.2, 0) is 11.3 Å². The van der Waals surface area contributed by atoms with Gasteiger partial charge in [0.2, 0.25) is 5.88 Å². The second kappa shape index (κ2) is 10.8. The van der Waals surface area contributed by atoms with E-state index in [-0.39, 0.29) is 17.0 Å². The maximum absolute atomic E-state index is 13.8. The number of aryl methyl sites for hydroxylation is 1. The fourth-order valence-corrected chi connectivity index (χ4v) is 4.71. The molecule has 1 atom stereocenters. The van der Waals surface area contributed by atoms with Crippen LogP contribution in [0, 0.1) is 18.3 Å². The van der Waals surface area contributed by atoms with Gasteiger partial charge in [0.15, 0.2) is 11.5 Å². The molecule has 0 bridgehead atoms. The van der Waals surface area contributed by atoms with Gasteiger partial charge in [-0.2, -0.15) is 5.26 Å². The van der Waals surface area contributed by atoms with E-state index in [1.807, 2.05) is 26.0 Å². The van der Waals surface area contributed by atoms with Gasteiger partial charge in [-0.25, -0.2) is 0 Å². The first kappa shape index (κ1) is 24.6. The molecule has 9 heteroatoms. The third-order valence-corrected chi connectivity index (χ3v) is 6.47. The van der Waals surface area contributed by atoms with Crippen LogP contribution < -0.4 is 25.5 Å². The Morgan fingerprint density at radius 2 is 1.97 bits per heavy atom. The van der Waals surface area contributed by atoms with Gasteiger partial charge in [-0.05, 0) is 38.0 Å². The zero-order chi connectivity index (χ0) is 24.9. The van der Waals surface area contributed by atoms with Crippen molar-refractivity contribution in [3.8, 4) is 23.3 Å². The predicted molar refractivity (Wildman–Crippen MR) is 131 cm³/mol. The van der Waals surface area contributed by atoms with Crippen molar-refractivity contribution in [2.24, 2.45) is 5.73 Å². The Bertz CT molecular complexity index is 1210. The van der Waals surface area contributed by atoms with Crippen molar-refractivity contribution in [3.63, 3.8) is 0 Å². The summed E-state index contributed by atoms with van der Waals surface area (Å²) in [7, 11) is 1.56. The van der Waals surface area contributed by atoms with Crippen molar-refractivity contribution >= 4 is 0 Å². The Morgan fingerprint density at radius 1 is 1.20 bits per heavy atom. The second-order valence-corrected chi connectivity index (χ2v) is 8.60. The molecule has 2 aliphatic rings. The van der Waals surface area contributed by atoms with Gasteiger partial charge in [-0.1, -0.05) is 6.07 Å². The quantitative estimate of drug-likeness (QED) is 0.613. The predicted octanol–water partition coefficient (Wildman–Crippen LogP) is 2.50. The van der Waals surface area contributed by atoms with E-state index in [4.69, 9.17) is 24.7 Å². The Labute approximate surface area is 205 Å². The standard InChI is InChI=1S/C26H32N4O5/c1-4-34-20-7-6-18(15-21(20)32-3)23-19(16-27)25(28)35-22-14-17(2)30(26(31)24(22)23)9-5-8-29-10-12-33-13-11-29/h6-7,14-15,23H,4-5,8-13,28H2,1-3H3/t23-/m0/s1. The summed E-state index contributed by atoms with van der Waals surface area (Å²) in [4.78, 5) is 16.2. The van der Waals surface area contributed by atoms with Crippen molar-refractivity contribution in [2.75, 3.05) is 46.6 Å². The number of hydrogen-bond donors (Lipinski definition) is 1. The average Bonchev–Trinajstić information content (AvgIpc) is 2.86. The number of hydrogen-bond acceptors (Lipinski definition) is 8. The molecule has 2 aromatic rings. The number of morpholine rings is 1. The van der Waals surface area contributed by atoms with Crippen LogP contribution >= 0.6 is 0 Å². The van der Waals surface area contributed by atoms with E-state index in [1.54, 1.807) is 23.8 Å². The van der Waals surface area contributed by atoms with E-state index < -0.39 is 5.92 Å². The SMILES string of the molecule is CCOc1ccc([C@H]2C(C#N)=C(N)Oc3cc(C)n(CCCN4CCOCC4)c(=O)c32)cc1OC. The van der Waals surface area contributed by atoms with Gasteiger partial charge in [-0.3, -0.25) is 9.69 Å². The first-order chi connectivity index (χ1) is 17.0. The number of pyridine rings is 1. The highest BCUT2D eigenvalue weighted by Gasteiger charge is 2.35. The van der Waals surface area contributed by atoms with E-state index in [2.05, 4.69) is 11.0 Å². The number of allylic oxidation sites excluding steroid dienone is 1. The Hall–Kier alpha value is -3.48. The van der Waals surface area contributed by atoms with Gasteiger partial charge in [-0.15, -0.1) is 0 Å². The number of ether oxygens (including phenoxy) is 4. The van der Waals surface area contributed by atoms with E-state index in [0.717, 1.165) is 45.0 Å². The molecule has 186 valence electrons. The highest BCUT2D eigenvalue weighted by Crippen LogP contribution is 2.42. The zero-order valence-electron chi connectivity index (χ0n) is 20.5. The zero-order valence-corrected chi connectivity index (χ0v) is 20.5. The summed E-state index contributed by atoms with van der Waals surface area (Å²) in [6, 6.07) is 9.39. The first-order valence-corrected chi connectivity index (χ1v) is 11.9. The van der Waals surface area contributed by atoms with Gasteiger partial charge in [0.25, 0.3) is 5.56 Å².